The number of esters is 2. The predicted octanol–water partition coefficient (Wildman–Crippen LogP) is 3.31. The SMILES string of the molecule is CCOC(=O)c1c(C)[nH]c(C(=O)COC(=O)/C=C/c2cccs2)c1C. The van der Waals surface area contributed by atoms with Crippen LogP contribution in [0.2, 0.25) is 0 Å². The largest absolute Gasteiger partial charge is 0.462 e. The Morgan fingerprint density at radius 2 is 2.00 bits per heavy atom. The Hall–Kier alpha value is -2.67. The molecule has 1 N–H and O–H groups in total. The number of carbonyl (C=O) groups excluding carboxylic acids is 3. The van der Waals surface area contributed by atoms with Crippen molar-refractivity contribution in [2.24, 2.45) is 0 Å². The third-order valence-electron chi connectivity index (χ3n) is 3.47. The normalized spacial score (nSPS) is 10.8. The lowest BCUT2D eigenvalue weighted by Crippen LogP contribution is -2.14. The molecule has 2 rings (SSSR count). The minimum Gasteiger partial charge on any atom is -0.462 e. The smallest absolute Gasteiger partial charge is 0.340 e. The zero-order chi connectivity index (χ0) is 18.4. The maximum absolute atomic E-state index is 12.3. The van der Waals surface area contributed by atoms with Crippen molar-refractivity contribution < 1.29 is 23.9 Å². The number of hydrogen-bond acceptors (Lipinski definition) is 6. The van der Waals surface area contributed by atoms with Crippen LogP contribution in [0, 0.1) is 13.8 Å². The number of hydrogen-bond donors (Lipinski definition) is 1. The van der Waals surface area contributed by atoms with Crippen LogP contribution in [0.3, 0.4) is 0 Å². The molecule has 0 radical (unpaired) electrons. The van der Waals surface area contributed by atoms with Crippen LogP contribution in [0.15, 0.2) is 23.6 Å². The van der Waals surface area contributed by atoms with Gasteiger partial charge in [0.25, 0.3) is 0 Å². The van der Waals surface area contributed by atoms with Crippen LogP contribution in [0.25, 0.3) is 6.08 Å². The van der Waals surface area contributed by atoms with E-state index in [2.05, 4.69) is 4.98 Å². The van der Waals surface area contributed by atoms with Gasteiger partial charge in [0.2, 0.25) is 5.78 Å². The first-order valence-corrected chi connectivity index (χ1v) is 8.59. The Morgan fingerprint density at radius 3 is 2.64 bits per heavy atom. The molecule has 2 heterocycles. The maximum Gasteiger partial charge on any atom is 0.340 e. The summed E-state index contributed by atoms with van der Waals surface area (Å²) in [6, 6.07) is 3.73. The molecule has 0 saturated heterocycles. The molecule has 0 aliphatic heterocycles. The quantitative estimate of drug-likeness (QED) is 0.464. The van der Waals surface area contributed by atoms with Gasteiger partial charge in [0.05, 0.1) is 17.9 Å². The van der Waals surface area contributed by atoms with Gasteiger partial charge in [-0.3, -0.25) is 4.79 Å². The molecule has 0 saturated carbocycles. The topological polar surface area (TPSA) is 85.5 Å². The summed E-state index contributed by atoms with van der Waals surface area (Å²) in [6.07, 6.45) is 2.90. The summed E-state index contributed by atoms with van der Waals surface area (Å²) >= 11 is 1.49. The fourth-order valence-electron chi connectivity index (χ4n) is 2.33. The number of thiophene rings is 1. The van der Waals surface area contributed by atoms with E-state index in [1.54, 1.807) is 26.8 Å². The maximum atomic E-state index is 12.3. The van der Waals surface area contributed by atoms with Gasteiger partial charge >= 0.3 is 11.9 Å². The molecule has 6 nitrogen and oxygen atoms in total. The van der Waals surface area contributed by atoms with E-state index < -0.39 is 24.3 Å². The molecule has 0 fully saturated rings. The van der Waals surface area contributed by atoms with Crippen molar-refractivity contribution in [3.05, 3.63) is 51.0 Å². The molecule has 0 aliphatic carbocycles. The molecule has 2 aromatic heterocycles. The van der Waals surface area contributed by atoms with Crippen LogP contribution >= 0.6 is 11.3 Å². The number of ketones is 1. The number of H-pyrrole nitrogens is 1. The van der Waals surface area contributed by atoms with Gasteiger partial charge in [0.1, 0.15) is 0 Å². The average Bonchev–Trinajstić information content (AvgIpc) is 3.18. The van der Waals surface area contributed by atoms with Gasteiger partial charge in [-0.1, -0.05) is 6.07 Å². The number of nitrogens with one attached hydrogen (secondary N) is 1. The predicted molar refractivity (Wildman–Crippen MR) is 94.9 cm³/mol. The van der Waals surface area contributed by atoms with Crippen molar-refractivity contribution in [1.82, 2.24) is 4.98 Å². The first kappa shape index (κ1) is 18.7. The number of aromatic nitrogens is 1. The monoisotopic (exact) mass is 361 g/mol. The van der Waals surface area contributed by atoms with E-state index in [0.717, 1.165) is 4.88 Å². The van der Waals surface area contributed by atoms with Gasteiger partial charge in [-0.25, -0.2) is 9.59 Å². The lowest BCUT2D eigenvalue weighted by molar-refractivity contribution is -0.136. The molecule has 0 bridgehead atoms. The summed E-state index contributed by atoms with van der Waals surface area (Å²) in [5, 5.41) is 1.89. The van der Waals surface area contributed by atoms with Crippen LogP contribution in [-0.4, -0.2) is 35.9 Å². The Balaban J connectivity index is 2.00. The lowest BCUT2D eigenvalue weighted by Gasteiger charge is -2.03. The molecule has 0 atom stereocenters. The second-order valence-corrected chi connectivity index (χ2v) is 6.20. The zero-order valence-corrected chi connectivity index (χ0v) is 15.1. The van der Waals surface area contributed by atoms with Gasteiger partial charge in [-0.05, 0) is 43.9 Å². The molecule has 0 unspecified atom stereocenters. The minimum atomic E-state index is -0.603. The van der Waals surface area contributed by atoms with E-state index in [4.69, 9.17) is 9.47 Å². The van der Waals surface area contributed by atoms with Gasteiger partial charge in [-0.15, -0.1) is 11.3 Å². The summed E-state index contributed by atoms with van der Waals surface area (Å²) < 4.78 is 9.95. The van der Waals surface area contributed by atoms with E-state index in [-0.39, 0.29) is 12.3 Å². The van der Waals surface area contributed by atoms with Gasteiger partial charge in [-0.2, -0.15) is 0 Å². The molecule has 0 aliphatic rings. The summed E-state index contributed by atoms with van der Waals surface area (Å²) in [7, 11) is 0. The Bertz CT molecular complexity index is 802. The summed E-state index contributed by atoms with van der Waals surface area (Å²) in [5.41, 5.74) is 1.62. The standard InChI is InChI=1S/C18H19NO5S/c1-4-23-18(22)16-11(2)17(19-12(16)3)14(20)10-24-15(21)8-7-13-6-5-9-25-13/h5-9,19H,4,10H2,1-3H3/b8-7+. The molecule has 25 heavy (non-hydrogen) atoms. The summed E-state index contributed by atoms with van der Waals surface area (Å²) in [4.78, 5) is 39.7. The molecule has 7 heteroatoms. The lowest BCUT2D eigenvalue weighted by atomic mass is 10.1. The zero-order valence-electron chi connectivity index (χ0n) is 14.3. The highest BCUT2D eigenvalue weighted by Gasteiger charge is 2.23. The number of carbonyl (C=O) groups is 3. The minimum absolute atomic E-state index is 0.246. The number of ether oxygens (including phenoxy) is 2. The molecular formula is C18H19NO5S. The second-order valence-electron chi connectivity index (χ2n) is 5.23. The van der Waals surface area contributed by atoms with Crippen LogP contribution in [-0.2, 0) is 14.3 Å². The van der Waals surface area contributed by atoms with E-state index in [9.17, 15) is 14.4 Å². The highest BCUT2D eigenvalue weighted by Crippen LogP contribution is 2.19. The molecular weight excluding hydrogens is 342 g/mol. The Labute approximate surface area is 149 Å². The van der Waals surface area contributed by atoms with Gasteiger partial charge in [0, 0.05) is 16.6 Å². The molecule has 2 aromatic rings. The molecule has 132 valence electrons. The first-order chi connectivity index (χ1) is 11.9. The van der Waals surface area contributed by atoms with Crippen LogP contribution in [0.5, 0.6) is 0 Å². The number of Topliss-reactive ketones (excluding diaryl/α,β-unsaturated/α-hetero) is 1. The molecule has 0 spiro atoms. The fraction of sp³-hybridized carbons (Fsp3) is 0.278. The van der Waals surface area contributed by atoms with Crippen LogP contribution in [0.1, 0.15) is 43.9 Å². The molecule has 0 aromatic carbocycles. The van der Waals surface area contributed by atoms with Crippen molar-refractivity contribution >= 4 is 35.1 Å². The third kappa shape index (κ3) is 4.67. The van der Waals surface area contributed by atoms with Gasteiger partial charge in [0.15, 0.2) is 6.61 Å². The van der Waals surface area contributed by atoms with Crippen molar-refractivity contribution in [1.29, 1.82) is 0 Å². The van der Waals surface area contributed by atoms with Crippen molar-refractivity contribution in [2.75, 3.05) is 13.2 Å². The second kappa shape index (κ2) is 8.43. The highest BCUT2D eigenvalue weighted by molar-refractivity contribution is 7.10. The number of aromatic amines is 1. The van der Waals surface area contributed by atoms with Gasteiger partial charge < -0.3 is 14.5 Å². The van der Waals surface area contributed by atoms with E-state index in [0.29, 0.717) is 16.8 Å². The average molecular weight is 361 g/mol. The van der Waals surface area contributed by atoms with Crippen LogP contribution < -0.4 is 0 Å². The Kier molecular flexibility index (Phi) is 6.30. The molecule has 0 amide bonds. The van der Waals surface area contributed by atoms with E-state index >= 15 is 0 Å². The van der Waals surface area contributed by atoms with Crippen molar-refractivity contribution in [2.45, 2.75) is 20.8 Å². The van der Waals surface area contributed by atoms with Crippen molar-refractivity contribution in [3.63, 3.8) is 0 Å². The van der Waals surface area contributed by atoms with E-state index in [1.807, 2.05) is 17.5 Å². The third-order valence-corrected chi connectivity index (χ3v) is 4.31. The first-order valence-electron chi connectivity index (χ1n) is 7.71. The number of aryl methyl sites for hydroxylation is 1. The summed E-state index contributed by atoms with van der Waals surface area (Å²) in [5.74, 6) is -1.49. The summed E-state index contributed by atoms with van der Waals surface area (Å²) in [6.45, 7) is 4.90. The van der Waals surface area contributed by atoms with Crippen LogP contribution in [0.4, 0.5) is 0 Å². The Morgan fingerprint density at radius 1 is 1.24 bits per heavy atom. The highest BCUT2D eigenvalue weighted by atomic mass is 32.1. The fourth-order valence-corrected chi connectivity index (χ4v) is 2.95. The van der Waals surface area contributed by atoms with Crippen molar-refractivity contribution in [3.8, 4) is 0 Å². The number of rotatable bonds is 7. The van der Waals surface area contributed by atoms with E-state index in [1.165, 1.54) is 17.4 Å².